The summed E-state index contributed by atoms with van der Waals surface area (Å²) in [4.78, 5) is 4.25. The molecule has 0 saturated heterocycles. The van der Waals surface area contributed by atoms with Crippen LogP contribution in [0.3, 0.4) is 0 Å². The lowest BCUT2D eigenvalue weighted by Gasteiger charge is -2.22. The third-order valence-corrected chi connectivity index (χ3v) is 2.70. The van der Waals surface area contributed by atoms with Crippen molar-refractivity contribution in [2.45, 2.75) is 66.6 Å². The van der Waals surface area contributed by atoms with Crippen molar-refractivity contribution >= 4 is 0 Å². The molecule has 0 bridgehead atoms. The van der Waals surface area contributed by atoms with Crippen molar-refractivity contribution < 1.29 is 0 Å². The third-order valence-electron chi connectivity index (χ3n) is 2.70. The molecule has 1 aromatic rings. The Labute approximate surface area is 106 Å². The number of aryl methyl sites for hydroxylation is 1. The highest BCUT2D eigenvalue weighted by molar-refractivity contribution is 4.99. The largest absolute Gasteiger partial charge is 0.333 e. The van der Waals surface area contributed by atoms with Gasteiger partial charge in [-0.1, -0.05) is 20.8 Å². The summed E-state index contributed by atoms with van der Waals surface area (Å²) in [5.74, 6) is 0. The van der Waals surface area contributed by atoms with Crippen molar-refractivity contribution in [1.82, 2.24) is 14.9 Å². The molecule has 0 fully saturated rings. The standard InChI is InChI=1S/C14H27N3/c1-13(2,3)7-8-17-11-15-9-12(17)10-16-14(4,5)6/h9,11,16H,7-8,10H2,1-6H3. The van der Waals surface area contributed by atoms with Crippen molar-refractivity contribution in [2.24, 2.45) is 5.41 Å². The zero-order chi connectivity index (χ0) is 13.1. The molecule has 98 valence electrons. The topological polar surface area (TPSA) is 29.9 Å². The first kappa shape index (κ1) is 14.2. The van der Waals surface area contributed by atoms with Crippen molar-refractivity contribution in [3.05, 3.63) is 18.2 Å². The number of nitrogens with one attached hydrogen (secondary N) is 1. The van der Waals surface area contributed by atoms with Gasteiger partial charge in [0.05, 0.1) is 12.0 Å². The second-order valence-corrected chi connectivity index (χ2v) is 6.99. The van der Waals surface area contributed by atoms with Crippen LogP contribution >= 0.6 is 0 Å². The minimum Gasteiger partial charge on any atom is -0.333 e. The minimum atomic E-state index is 0.152. The molecule has 0 atom stereocenters. The summed E-state index contributed by atoms with van der Waals surface area (Å²) in [5, 5.41) is 3.50. The number of hydrogen-bond donors (Lipinski definition) is 1. The second kappa shape index (κ2) is 5.21. The van der Waals surface area contributed by atoms with Crippen LogP contribution in [0.2, 0.25) is 0 Å². The number of hydrogen-bond acceptors (Lipinski definition) is 2. The lowest BCUT2D eigenvalue weighted by atomic mass is 9.92. The van der Waals surface area contributed by atoms with E-state index in [1.807, 2.05) is 12.5 Å². The van der Waals surface area contributed by atoms with Crippen LogP contribution in [0.5, 0.6) is 0 Å². The Morgan fingerprint density at radius 2 is 1.82 bits per heavy atom. The molecule has 0 spiro atoms. The fourth-order valence-electron chi connectivity index (χ4n) is 1.51. The van der Waals surface area contributed by atoms with Gasteiger partial charge >= 0.3 is 0 Å². The van der Waals surface area contributed by atoms with Crippen molar-refractivity contribution in [3.8, 4) is 0 Å². The number of rotatable bonds is 4. The molecular weight excluding hydrogens is 210 g/mol. The zero-order valence-corrected chi connectivity index (χ0v) is 12.2. The van der Waals surface area contributed by atoms with Gasteiger partial charge in [-0.25, -0.2) is 4.98 Å². The van der Waals surface area contributed by atoms with Gasteiger partial charge in [-0.15, -0.1) is 0 Å². The van der Waals surface area contributed by atoms with E-state index in [1.165, 1.54) is 12.1 Å². The van der Waals surface area contributed by atoms with Gasteiger partial charge in [0, 0.05) is 24.8 Å². The van der Waals surface area contributed by atoms with Gasteiger partial charge in [0.1, 0.15) is 0 Å². The highest BCUT2D eigenvalue weighted by atomic mass is 15.1. The van der Waals surface area contributed by atoms with Gasteiger partial charge in [0.25, 0.3) is 0 Å². The van der Waals surface area contributed by atoms with E-state index in [-0.39, 0.29) is 5.54 Å². The molecule has 0 amide bonds. The van der Waals surface area contributed by atoms with E-state index in [0.29, 0.717) is 5.41 Å². The van der Waals surface area contributed by atoms with Crippen molar-refractivity contribution in [1.29, 1.82) is 0 Å². The summed E-state index contributed by atoms with van der Waals surface area (Å²) in [6.07, 6.45) is 5.07. The monoisotopic (exact) mass is 237 g/mol. The van der Waals surface area contributed by atoms with Crippen LogP contribution in [-0.2, 0) is 13.1 Å². The molecule has 0 radical (unpaired) electrons. The number of nitrogens with zero attached hydrogens (tertiary/aromatic N) is 2. The summed E-state index contributed by atoms with van der Waals surface area (Å²) >= 11 is 0. The van der Waals surface area contributed by atoms with E-state index in [4.69, 9.17) is 0 Å². The van der Waals surface area contributed by atoms with E-state index < -0.39 is 0 Å². The predicted molar refractivity (Wildman–Crippen MR) is 72.9 cm³/mol. The molecule has 1 heterocycles. The molecule has 1 N–H and O–H groups in total. The fraction of sp³-hybridized carbons (Fsp3) is 0.786. The van der Waals surface area contributed by atoms with Gasteiger partial charge in [-0.3, -0.25) is 0 Å². The Morgan fingerprint density at radius 1 is 1.18 bits per heavy atom. The third kappa shape index (κ3) is 5.87. The summed E-state index contributed by atoms with van der Waals surface area (Å²) < 4.78 is 2.25. The molecule has 1 rings (SSSR count). The van der Waals surface area contributed by atoms with Gasteiger partial charge in [0.15, 0.2) is 0 Å². The fourth-order valence-corrected chi connectivity index (χ4v) is 1.51. The van der Waals surface area contributed by atoms with Gasteiger partial charge in [0.2, 0.25) is 0 Å². The first-order chi connectivity index (χ1) is 7.67. The van der Waals surface area contributed by atoms with Crippen molar-refractivity contribution in [3.63, 3.8) is 0 Å². The van der Waals surface area contributed by atoms with Gasteiger partial charge in [-0.05, 0) is 32.6 Å². The number of aromatic nitrogens is 2. The predicted octanol–water partition coefficient (Wildman–Crippen LogP) is 3.21. The Bertz CT molecular complexity index is 307. The molecule has 3 nitrogen and oxygen atoms in total. The Balaban J connectivity index is 2.54. The van der Waals surface area contributed by atoms with E-state index in [9.17, 15) is 0 Å². The van der Waals surface area contributed by atoms with Gasteiger partial charge in [-0.2, -0.15) is 0 Å². The molecule has 17 heavy (non-hydrogen) atoms. The molecule has 0 aliphatic rings. The van der Waals surface area contributed by atoms with E-state index >= 15 is 0 Å². The SMILES string of the molecule is CC(C)(C)CCn1cncc1CNC(C)(C)C. The Kier molecular flexibility index (Phi) is 4.36. The molecule has 0 aliphatic heterocycles. The first-order valence-corrected chi connectivity index (χ1v) is 6.41. The Morgan fingerprint density at radius 3 is 2.35 bits per heavy atom. The molecule has 0 saturated carbocycles. The van der Waals surface area contributed by atoms with Crippen LogP contribution in [0.15, 0.2) is 12.5 Å². The molecule has 0 unspecified atom stereocenters. The van der Waals surface area contributed by atoms with E-state index in [1.54, 1.807) is 0 Å². The average Bonchev–Trinajstić information content (AvgIpc) is 2.56. The lowest BCUT2D eigenvalue weighted by molar-refractivity contribution is 0.344. The van der Waals surface area contributed by atoms with E-state index in [2.05, 4.69) is 56.4 Å². The molecule has 0 aromatic carbocycles. The highest BCUT2D eigenvalue weighted by Gasteiger charge is 2.13. The lowest BCUT2D eigenvalue weighted by Crippen LogP contribution is -2.35. The van der Waals surface area contributed by atoms with Gasteiger partial charge < -0.3 is 9.88 Å². The maximum absolute atomic E-state index is 4.25. The quantitative estimate of drug-likeness (QED) is 0.871. The van der Waals surface area contributed by atoms with Crippen LogP contribution in [0.1, 0.15) is 53.7 Å². The van der Waals surface area contributed by atoms with Crippen LogP contribution < -0.4 is 5.32 Å². The maximum atomic E-state index is 4.25. The second-order valence-electron chi connectivity index (χ2n) is 6.99. The summed E-state index contributed by atoms with van der Waals surface area (Å²) in [5.41, 5.74) is 1.79. The highest BCUT2D eigenvalue weighted by Crippen LogP contribution is 2.19. The summed E-state index contributed by atoms with van der Waals surface area (Å²) in [6, 6.07) is 0. The molecular formula is C14H27N3. The first-order valence-electron chi connectivity index (χ1n) is 6.41. The molecule has 3 heteroatoms. The zero-order valence-electron chi connectivity index (χ0n) is 12.2. The van der Waals surface area contributed by atoms with E-state index in [0.717, 1.165) is 13.1 Å². The number of imidazole rings is 1. The smallest absolute Gasteiger partial charge is 0.0948 e. The maximum Gasteiger partial charge on any atom is 0.0948 e. The minimum absolute atomic E-state index is 0.152. The van der Waals surface area contributed by atoms with Crippen LogP contribution in [0.4, 0.5) is 0 Å². The van der Waals surface area contributed by atoms with Crippen LogP contribution in [0, 0.1) is 5.41 Å². The van der Waals surface area contributed by atoms with Crippen LogP contribution in [-0.4, -0.2) is 15.1 Å². The normalized spacial score (nSPS) is 13.1. The summed E-state index contributed by atoms with van der Waals surface area (Å²) in [6.45, 7) is 15.3. The summed E-state index contributed by atoms with van der Waals surface area (Å²) in [7, 11) is 0. The molecule has 0 aliphatic carbocycles. The molecule has 1 aromatic heterocycles. The van der Waals surface area contributed by atoms with Crippen LogP contribution in [0.25, 0.3) is 0 Å². The average molecular weight is 237 g/mol. The Hall–Kier alpha value is -0.830. The van der Waals surface area contributed by atoms with Crippen molar-refractivity contribution in [2.75, 3.05) is 0 Å².